The summed E-state index contributed by atoms with van der Waals surface area (Å²) in [6, 6.07) is 3.96. The number of ether oxygens (including phenoxy) is 2. The quantitative estimate of drug-likeness (QED) is 0.797. The molecule has 0 aliphatic carbocycles. The second-order valence-corrected chi connectivity index (χ2v) is 4.42. The van der Waals surface area contributed by atoms with Gasteiger partial charge in [-0.05, 0) is 37.8 Å². The zero-order valence-corrected chi connectivity index (χ0v) is 9.95. The number of nitrogen functional groups attached to an aromatic ring is 1. The first-order valence-corrected chi connectivity index (χ1v) is 5.78. The first kappa shape index (κ1) is 11.3. The van der Waals surface area contributed by atoms with Crippen molar-refractivity contribution in [1.82, 2.24) is 0 Å². The largest absolute Gasteiger partial charge is 0.491 e. The standard InChI is InChI=1S/C13H19NO2/c1-9-6-10(2)13(7-12(9)14)16-8-11-4-3-5-15-11/h6-7,11H,3-5,8,14H2,1-2H3. The molecular weight excluding hydrogens is 202 g/mol. The Kier molecular flexibility index (Phi) is 3.34. The van der Waals surface area contributed by atoms with Crippen molar-refractivity contribution in [2.75, 3.05) is 18.9 Å². The molecule has 16 heavy (non-hydrogen) atoms. The monoisotopic (exact) mass is 221 g/mol. The summed E-state index contributed by atoms with van der Waals surface area (Å²) in [5.41, 5.74) is 8.88. The van der Waals surface area contributed by atoms with Gasteiger partial charge in [0, 0.05) is 18.4 Å². The lowest BCUT2D eigenvalue weighted by atomic mass is 10.1. The molecule has 1 aromatic rings. The van der Waals surface area contributed by atoms with Crippen molar-refractivity contribution in [2.24, 2.45) is 0 Å². The van der Waals surface area contributed by atoms with E-state index >= 15 is 0 Å². The van der Waals surface area contributed by atoms with Crippen LogP contribution in [0.15, 0.2) is 12.1 Å². The average molecular weight is 221 g/mol. The molecule has 0 radical (unpaired) electrons. The average Bonchev–Trinajstić information content (AvgIpc) is 2.74. The van der Waals surface area contributed by atoms with Crippen LogP contribution < -0.4 is 10.5 Å². The van der Waals surface area contributed by atoms with Gasteiger partial charge >= 0.3 is 0 Å². The Balaban J connectivity index is 2.00. The van der Waals surface area contributed by atoms with Gasteiger partial charge in [-0.3, -0.25) is 0 Å². The highest BCUT2D eigenvalue weighted by molar-refractivity contribution is 5.54. The Bertz CT molecular complexity index is 370. The summed E-state index contributed by atoms with van der Waals surface area (Å²) in [5, 5.41) is 0. The van der Waals surface area contributed by atoms with Gasteiger partial charge in [0.05, 0.1) is 6.10 Å². The maximum absolute atomic E-state index is 5.86. The summed E-state index contributed by atoms with van der Waals surface area (Å²) in [6.07, 6.45) is 2.49. The molecule has 3 nitrogen and oxygen atoms in total. The Morgan fingerprint density at radius 1 is 1.38 bits per heavy atom. The van der Waals surface area contributed by atoms with Crippen molar-refractivity contribution in [3.05, 3.63) is 23.3 Å². The van der Waals surface area contributed by atoms with Gasteiger partial charge in [-0.15, -0.1) is 0 Å². The van der Waals surface area contributed by atoms with Crippen LogP contribution in [0, 0.1) is 13.8 Å². The Morgan fingerprint density at radius 2 is 2.19 bits per heavy atom. The minimum Gasteiger partial charge on any atom is -0.491 e. The number of benzene rings is 1. The van der Waals surface area contributed by atoms with Crippen LogP contribution in [-0.2, 0) is 4.74 Å². The van der Waals surface area contributed by atoms with Crippen molar-refractivity contribution in [2.45, 2.75) is 32.8 Å². The molecule has 0 amide bonds. The molecule has 1 atom stereocenters. The van der Waals surface area contributed by atoms with Gasteiger partial charge < -0.3 is 15.2 Å². The first-order valence-electron chi connectivity index (χ1n) is 5.78. The third-order valence-electron chi connectivity index (χ3n) is 3.01. The third kappa shape index (κ3) is 2.47. The minimum atomic E-state index is 0.252. The number of hydrogen-bond acceptors (Lipinski definition) is 3. The van der Waals surface area contributed by atoms with E-state index in [4.69, 9.17) is 15.2 Å². The van der Waals surface area contributed by atoms with Crippen LogP contribution in [0.4, 0.5) is 5.69 Å². The Hall–Kier alpha value is -1.22. The molecule has 0 spiro atoms. The fourth-order valence-corrected chi connectivity index (χ4v) is 1.96. The molecule has 0 saturated carbocycles. The summed E-state index contributed by atoms with van der Waals surface area (Å²) < 4.78 is 11.3. The summed E-state index contributed by atoms with van der Waals surface area (Å²) in [6.45, 7) is 5.54. The van der Waals surface area contributed by atoms with Crippen LogP contribution in [0.2, 0.25) is 0 Å². The summed E-state index contributed by atoms with van der Waals surface area (Å²) in [4.78, 5) is 0. The summed E-state index contributed by atoms with van der Waals surface area (Å²) >= 11 is 0. The minimum absolute atomic E-state index is 0.252. The summed E-state index contributed by atoms with van der Waals surface area (Å²) in [5.74, 6) is 0.874. The summed E-state index contributed by atoms with van der Waals surface area (Å²) in [7, 11) is 0. The molecule has 0 bridgehead atoms. The molecule has 1 aliphatic heterocycles. The van der Waals surface area contributed by atoms with Gasteiger partial charge in [0.15, 0.2) is 0 Å². The molecule has 1 aliphatic rings. The molecule has 2 N–H and O–H groups in total. The number of nitrogens with two attached hydrogens (primary N) is 1. The van der Waals surface area contributed by atoms with Gasteiger partial charge in [-0.1, -0.05) is 6.07 Å². The van der Waals surface area contributed by atoms with Crippen LogP contribution in [0.25, 0.3) is 0 Å². The highest BCUT2D eigenvalue weighted by Crippen LogP contribution is 2.25. The molecule has 1 saturated heterocycles. The smallest absolute Gasteiger partial charge is 0.124 e. The van der Waals surface area contributed by atoms with E-state index in [-0.39, 0.29) is 6.10 Å². The predicted octanol–water partition coefficient (Wildman–Crippen LogP) is 2.44. The van der Waals surface area contributed by atoms with E-state index in [2.05, 4.69) is 6.07 Å². The number of rotatable bonds is 3. The van der Waals surface area contributed by atoms with E-state index in [0.29, 0.717) is 6.61 Å². The first-order chi connectivity index (χ1) is 7.66. The number of anilines is 1. The van der Waals surface area contributed by atoms with Crippen molar-refractivity contribution >= 4 is 5.69 Å². The van der Waals surface area contributed by atoms with E-state index in [9.17, 15) is 0 Å². The van der Waals surface area contributed by atoms with Crippen LogP contribution >= 0.6 is 0 Å². The molecule has 1 fully saturated rings. The molecule has 88 valence electrons. The fraction of sp³-hybridized carbons (Fsp3) is 0.538. The van der Waals surface area contributed by atoms with Gasteiger partial charge in [0.2, 0.25) is 0 Å². The molecule has 1 unspecified atom stereocenters. The Morgan fingerprint density at radius 3 is 2.88 bits per heavy atom. The van der Waals surface area contributed by atoms with Crippen molar-refractivity contribution < 1.29 is 9.47 Å². The maximum atomic E-state index is 5.86. The second kappa shape index (κ2) is 4.74. The predicted molar refractivity (Wildman–Crippen MR) is 64.8 cm³/mol. The van der Waals surface area contributed by atoms with Gasteiger partial charge in [-0.2, -0.15) is 0 Å². The van der Waals surface area contributed by atoms with Crippen LogP contribution in [0.1, 0.15) is 24.0 Å². The van der Waals surface area contributed by atoms with E-state index < -0.39 is 0 Å². The number of aryl methyl sites for hydroxylation is 2. The molecule has 2 rings (SSSR count). The zero-order chi connectivity index (χ0) is 11.5. The van der Waals surface area contributed by atoms with E-state index in [1.807, 2.05) is 19.9 Å². The molecule has 1 heterocycles. The third-order valence-corrected chi connectivity index (χ3v) is 3.01. The topological polar surface area (TPSA) is 44.5 Å². The normalized spacial score (nSPS) is 20.0. The SMILES string of the molecule is Cc1cc(C)c(OCC2CCCO2)cc1N. The maximum Gasteiger partial charge on any atom is 0.124 e. The van der Waals surface area contributed by atoms with E-state index in [0.717, 1.165) is 42.0 Å². The molecule has 1 aromatic carbocycles. The highest BCUT2D eigenvalue weighted by atomic mass is 16.5. The lowest BCUT2D eigenvalue weighted by molar-refractivity contribution is 0.0677. The molecule has 3 heteroatoms. The van der Waals surface area contributed by atoms with Gasteiger partial charge in [0.1, 0.15) is 12.4 Å². The highest BCUT2D eigenvalue weighted by Gasteiger charge is 2.16. The van der Waals surface area contributed by atoms with Crippen molar-refractivity contribution in [3.63, 3.8) is 0 Å². The molecular formula is C13H19NO2. The van der Waals surface area contributed by atoms with E-state index in [1.54, 1.807) is 0 Å². The van der Waals surface area contributed by atoms with Crippen LogP contribution in [0.3, 0.4) is 0 Å². The number of hydrogen-bond donors (Lipinski definition) is 1. The van der Waals surface area contributed by atoms with Gasteiger partial charge in [-0.25, -0.2) is 0 Å². The van der Waals surface area contributed by atoms with Crippen molar-refractivity contribution in [3.8, 4) is 5.75 Å². The lowest BCUT2D eigenvalue weighted by Gasteiger charge is -2.14. The second-order valence-electron chi connectivity index (χ2n) is 4.42. The fourth-order valence-electron chi connectivity index (χ4n) is 1.96. The lowest BCUT2D eigenvalue weighted by Crippen LogP contribution is -2.16. The van der Waals surface area contributed by atoms with Crippen LogP contribution in [-0.4, -0.2) is 19.3 Å². The zero-order valence-electron chi connectivity index (χ0n) is 9.95. The van der Waals surface area contributed by atoms with Crippen LogP contribution in [0.5, 0.6) is 5.75 Å². The van der Waals surface area contributed by atoms with Gasteiger partial charge in [0.25, 0.3) is 0 Å². The van der Waals surface area contributed by atoms with Crippen molar-refractivity contribution in [1.29, 1.82) is 0 Å². The Labute approximate surface area is 96.5 Å². The molecule has 0 aromatic heterocycles. The van der Waals surface area contributed by atoms with E-state index in [1.165, 1.54) is 0 Å².